The van der Waals surface area contributed by atoms with Crippen LogP contribution in [0.15, 0.2) is 46.0 Å². The Morgan fingerprint density at radius 2 is 2.19 bits per heavy atom. The summed E-state index contributed by atoms with van der Waals surface area (Å²) < 4.78 is 10.6. The average Bonchev–Trinajstić information content (AvgIpc) is 2.63. The predicted octanol–water partition coefficient (Wildman–Crippen LogP) is 2.60. The van der Waals surface area contributed by atoms with Gasteiger partial charge < -0.3 is 14.6 Å². The highest BCUT2D eigenvalue weighted by Crippen LogP contribution is 2.34. The van der Waals surface area contributed by atoms with Gasteiger partial charge in [0.25, 0.3) is 11.6 Å². The van der Waals surface area contributed by atoms with Crippen molar-refractivity contribution in [2.75, 3.05) is 13.7 Å². The third kappa shape index (κ3) is 5.18. The summed E-state index contributed by atoms with van der Waals surface area (Å²) in [6.45, 7) is -0.360. The van der Waals surface area contributed by atoms with Crippen molar-refractivity contribution in [1.82, 2.24) is 5.43 Å². The first kappa shape index (κ1) is 19.2. The molecular formula is C16H14BrN3O6. The van der Waals surface area contributed by atoms with Gasteiger partial charge in [0.15, 0.2) is 18.1 Å². The van der Waals surface area contributed by atoms with E-state index in [2.05, 4.69) is 26.5 Å². The van der Waals surface area contributed by atoms with Crippen LogP contribution in [0, 0.1) is 10.1 Å². The number of nitrogens with zero attached hydrogens (tertiary/aromatic N) is 2. The number of phenolic OH excluding ortho intramolecular Hbond substituents is 1. The van der Waals surface area contributed by atoms with Crippen molar-refractivity contribution in [1.29, 1.82) is 0 Å². The SMILES string of the molecule is COc1cc(/C=N/NC(=O)COc2cccc([N+](=O)[O-])c2)cc(Br)c1O. The standard InChI is InChI=1S/C16H14BrN3O6/c1-25-14-6-10(5-13(17)16(14)22)8-18-19-15(21)9-26-12-4-2-3-11(7-12)20(23)24/h2-8,22H,9H2,1H3,(H,19,21)/b18-8+. The van der Waals surface area contributed by atoms with Gasteiger partial charge in [-0.1, -0.05) is 6.07 Å². The van der Waals surface area contributed by atoms with Gasteiger partial charge in [0.1, 0.15) is 5.75 Å². The minimum absolute atomic E-state index is 0.0426. The maximum Gasteiger partial charge on any atom is 0.277 e. The van der Waals surface area contributed by atoms with Gasteiger partial charge in [-0.2, -0.15) is 5.10 Å². The second-order valence-corrected chi connectivity index (χ2v) is 5.74. The number of aromatic hydroxyl groups is 1. The van der Waals surface area contributed by atoms with E-state index in [-0.39, 0.29) is 29.5 Å². The van der Waals surface area contributed by atoms with Crippen LogP contribution in [-0.2, 0) is 4.79 Å². The molecule has 2 N–H and O–H groups in total. The van der Waals surface area contributed by atoms with Gasteiger partial charge in [-0.05, 0) is 39.7 Å². The molecule has 10 heteroatoms. The monoisotopic (exact) mass is 423 g/mol. The predicted molar refractivity (Wildman–Crippen MR) is 96.7 cm³/mol. The molecule has 0 radical (unpaired) electrons. The van der Waals surface area contributed by atoms with E-state index >= 15 is 0 Å². The van der Waals surface area contributed by atoms with Crippen molar-refractivity contribution in [3.05, 3.63) is 56.5 Å². The van der Waals surface area contributed by atoms with Gasteiger partial charge in [-0.25, -0.2) is 5.43 Å². The highest BCUT2D eigenvalue weighted by Gasteiger charge is 2.09. The van der Waals surface area contributed by atoms with Crippen LogP contribution in [0.4, 0.5) is 5.69 Å². The van der Waals surface area contributed by atoms with Crippen LogP contribution in [0.3, 0.4) is 0 Å². The van der Waals surface area contributed by atoms with E-state index in [4.69, 9.17) is 9.47 Å². The van der Waals surface area contributed by atoms with Gasteiger partial charge in [-0.15, -0.1) is 0 Å². The molecule has 0 aliphatic carbocycles. The van der Waals surface area contributed by atoms with Crippen LogP contribution in [0.5, 0.6) is 17.2 Å². The summed E-state index contributed by atoms with van der Waals surface area (Å²) in [7, 11) is 1.41. The van der Waals surface area contributed by atoms with Crippen molar-refractivity contribution < 1.29 is 24.3 Å². The number of hydrogen-bond acceptors (Lipinski definition) is 7. The highest BCUT2D eigenvalue weighted by molar-refractivity contribution is 9.10. The van der Waals surface area contributed by atoms with Crippen molar-refractivity contribution in [3.8, 4) is 17.2 Å². The number of hydrogen-bond donors (Lipinski definition) is 2. The Morgan fingerprint density at radius 3 is 2.88 bits per heavy atom. The zero-order valence-corrected chi connectivity index (χ0v) is 15.1. The quantitative estimate of drug-likeness (QED) is 0.400. The number of rotatable bonds is 7. The lowest BCUT2D eigenvalue weighted by atomic mass is 10.2. The molecule has 0 saturated heterocycles. The Kier molecular flexibility index (Phi) is 6.50. The van der Waals surface area contributed by atoms with Crippen LogP contribution in [0.2, 0.25) is 0 Å². The van der Waals surface area contributed by atoms with Crippen molar-refractivity contribution in [2.24, 2.45) is 5.10 Å². The van der Waals surface area contributed by atoms with Crippen LogP contribution in [0.25, 0.3) is 0 Å². The number of methoxy groups -OCH3 is 1. The Hall–Kier alpha value is -3.14. The Bertz CT molecular complexity index is 856. The number of nitro benzene ring substituents is 1. The second-order valence-electron chi connectivity index (χ2n) is 4.89. The molecule has 0 saturated carbocycles. The van der Waals surface area contributed by atoms with E-state index in [1.54, 1.807) is 6.07 Å². The maximum absolute atomic E-state index is 11.7. The number of phenols is 1. The van der Waals surface area contributed by atoms with Crippen molar-refractivity contribution in [3.63, 3.8) is 0 Å². The molecule has 2 rings (SSSR count). The first-order valence-corrected chi connectivity index (χ1v) is 7.95. The zero-order valence-electron chi connectivity index (χ0n) is 13.5. The summed E-state index contributed by atoms with van der Waals surface area (Å²) in [6.07, 6.45) is 1.36. The van der Waals surface area contributed by atoms with Gasteiger partial charge in [0.05, 0.1) is 28.8 Å². The molecule has 0 spiro atoms. The fourth-order valence-electron chi connectivity index (χ4n) is 1.87. The lowest BCUT2D eigenvalue weighted by Gasteiger charge is -2.06. The number of amides is 1. The van der Waals surface area contributed by atoms with Crippen LogP contribution in [0.1, 0.15) is 5.56 Å². The number of nitro groups is 1. The molecule has 0 fully saturated rings. The summed E-state index contributed by atoms with van der Waals surface area (Å²) in [5.41, 5.74) is 2.71. The molecule has 0 bridgehead atoms. The average molecular weight is 424 g/mol. The first-order valence-electron chi connectivity index (χ1n) is 7.16. The number of benzene rings is 2. The molecular weight excluding hydrogens is 410 g/mol. The zero-order chi connectivity index (χ0) is 19.1. The fourth-order valence-corrected chi connectivity index (χ4v) is 2.33. The molecule has 2 aromatic carbocycles. The Labute approximate surface area is 156 Å². The lowest BCUT2D eigenvalue weighted by Crippen LogP contribution is -2.24. The number of hydrazone groups is 1. The normalized spacial score (nSPS) is 10.5. The molecule has 0 aliphatic heterocycles. The topological polar surface area (TPSA) is 123 Å². The minimum Gasteiger partial charge on any atom is -0.503 e. The van der Waals surface area contributed by atoms with E-state index in [9.17, 15) is 20.0 Å². The minimum atomic E-state index is -0.554. The molecule has 1 amide bonds. The van der Waals surface area contributed by atoms with E-state index in [0.717, 1.165) is 0 Å². The number of carbonyl (C=O) groups is 1. The van der Waals surface area contributed by atoms with E-state index in [1.165, 1.54) is 43.7 Å². The summed E-state index contributed by atoms with van der Waals surface area (Å²) in [5, 5.41) is 24.2. The smallest absolute Gasteiger partial charge is 0.277 e. The molecule has 0 aliphatic rings. The fraction of sp³-hybridized carbons (Fsp3) is 0.125. The van der Waals surface area contributed by atoms with Crippen molar-refractivity contribution >= 4 is 33.7 Å². The number of halogens is 1. The molecule has 26 heavy (non-hydrogen) atoms. The molecule has 0 heterocycles. The van der Waals surface area contributed by atoms with Crippen LogP contribution in [-0.4, -0.2) is 35.9 Å². The van der Waals surface area contributed by atoms with Gasteiger partial charge >= 0.3 is 0 Å². The molecule has 9 nitrogen and oxygen atoms in total. The van der Waals surface area contributed by atoms with E-state index in [0.29, 0.717) is 10.0 Å². The highest BCUT2D eigenvalue weighted by atomic mass is 79.9. The number of nitrogens with one attached hydrogen (secondary N) is 1. The molecule has 136 valence electrons. The second kappa shape index (κ2) is 8.81. The maximum atomic E-state index is 11.7. The van der Waals surface area contributed by atoms with Gasteiger partial charge in [-0.3, -0.25) is 14.9 Å². The van der Waals surface area contributed by atoms with E-state index in [1.807, 2.05) is 0 Å². The third-order valence-electron chi connectivity index (χ3n) is 3.07. The molecule has 0 aromatic heterocycles. The number of carbonyl (C=O) groups excluding carboxylic acids is 1. The van der Waals surface area contributed by atoms with Crippen LogP contribution >= 0.6 is 15.9 Å². The third-order valence-corrected chi connectivity index (χ3v) is 3.68. The number of non-ortho nitro benzene ring substituents is 1. The Balaban J connectivity index is 1.91. The largest absolute Gasteiger partial charge is 0.503 e. The Morgan fingerprint density at radius 1 is 1.42 bits per heavy atom. The van der Waals surface area contributed by atoms with Gasteiger partial charge in [0.2, 0.25) is 0 Å². The summed E-state index contributed by atoms with van der Waals surface area (Å²) in [4.78, 5) is 21.8. The summed E-state index contributed by atoms with van der Waals surface area (Å²) in [6, 6.07) is 8.63. The molecule has 2 aromatic rings. The van der Waals surface area contributed by atoms with Crippen molar-refractivity contribution in [2.45, 2.75) is 0 Å². The lowest BCUT2D eigenvalue weighted by molar-refractivity contribution is -0.384. The molecule has 0 atom stereocenters. The van der Waals surface area contributed by atoms with E-state index < -0.39 is 10.8 Å². The summed E-state index contributed by atoms with van der Waals surface area (Å²) >= 11 is 3.18. The molecule has 0 unspecified atom stereocenters. The van der Waals surface area contributed by atoms with Crippen LogP contribution < -0.4 is 14.9 Å². The summed E-state index contributed by atoms with van der Waals surface area (Å²) in [5.74, 6) is -0.136. The first-order chi connectivity index (χ1) is 12.4. The van der Waals surface area contributed by atoms with Gasteiger partial charge in [0, 0.05) is 6.07 Å². The number of ether oxygens (including phenoxy) is 2.